The van der Waals surface area contributed by atoms with Crippen LogP contribution in [0.4, 0.5) is 8.78 Å². The molecule has 2 aromatic rings. The highest BCUT2D eigenvalue weighted by atomic mass is 32.1. The number of aryl methyl sites for hydroxylation is 1. The second-order valence-corrected chi connectivity index (χ2v) is 7.15. The van der Waals surface area contributed by atoms with Gasteiger partial charge in [0.2, 0.25) is 5.91 Å². The highest BCUT2D eigenvalue weighted by molar-refractivity contribution is 7.13. The molecule has 3 atom stereocenters. The molecule has 2 N–H and O–H groups in total. The molecule has 1 aliphatic rings. The smallest absolute Gasteiger partial charge is 0.347 e. The van der Waals surface area contributed by atoms with Gasteiger partial charge in [0, 0.05) is 5.92 Å². The molecule has 3 rings (SSSR count). The number of hydrogen-bond donors (Lipinski definition) is 2. The Kier molecular flexibility index (Phi) is 4.55. The lowest BCUT2D eigenvalue weighted by molar-refractivity contribution is -0.123. The van der Waals surface area contributed by atoms with Gasteiger partial charge in [-0.25, -0.2) is 18.6 Å². The van der Waals surface area contributed by atoms with Crippen molar-refractivity contribution < 1.29 is 23.5 Å². The molecular formula is C17H16F2N2O3S. The van der Waals surface area contributed by atoms with E-state index >= 15 is 0 Å². The summed E-state index contributed by atoms with van der Waals surface area (Å²) in [6.45, 7) is 3.31. The molecule has 1 saturated carbocycles. The SMILES string of the molecule is Cc1nc(C(C)NC(=O)C2CC2c2cc(F)ccc2F)sc1C(=O)O. The van der Waals surface area contributed by atoms with E-state index in [1.165, 1.54) is 0 Å². The first-order valence-electron chi connectivity index (χ1n) is 7.74. The van der Waals surface area contributed by atoms with E-state index in [1.54, 1.807) is 13.8 Å². The number of carboxylic acid groups (broad SMARTS) is 1. The van der Waals surface area contributed by atoms with Gasteiger partial charge >= 0.3 is 5.97 Å². The zero-order valence-electron chi connectivity index (χ0n) is 13.5. The average molecular weight is 366 g/mol. The van der Waals surface area contributed by atoms with Gasteiger partial charge in [-0.1, -0.05) is 0 Å². The number of nitrogens with zero attached hydrogens (tertiary/aromatic N) is 1. The van der Waals surface area contributed by atoms with Crippen molar-refractivity contribution in [1.29, 1.82) is 0 Å². The summed E-state index contributed by atoms with van der Waals surface area (Å²) in [5.41, 5.74) is 0.616. The van der Waals surface area contributed by atoms with Gasteiger partial charge in [0.1, 0.15) is 21.5 Å². The lowest BCUT2D eigenvalue weighted by Gasteiger charge is -2.11. The fraction of sp³-hybridized carbons (Fsp3) is 0.353. The molecule has 1 fully saturated rings. The molecule has 5 nitrogen and oxygen atoms in total. The molecule has 0 spiro atoms. The summed E-state index contributed by atoms with van der Waals surface area (Å²) in [4.78, 5) is 27.7. The van der Waals surface area contributed by atoms with E-state index in [2.05, 4.69) is 10.3 Å². The molecule has 1 aliphatic carbocycles. The number of halogens is 2. The van der Waals surface area contributed by atoms with Crippen molar-refractivity contribution in [1.82, 2.24) is 10.3 Å². The van der Waals surface area contributed by atoms with E-state index in [9.17, 15) is 18.4 Å². The summed E-state index contributed by atoms with van der Waals surface area (Å²) in [5, 5.41) is 12.3. The molecule has 1 aromatic heterocycles. The molecule has 8 heteroatoms. The van der Waals surface area contributed by atoms with Crippen LogP contribution in [0.5, 0.6) is 0 Å². The number of carbonyl (C=O) groups excluding carboxylic acids is 1. The van der Waals surface area contributed by atoms with Crippen LogP contribution >= 0.6 is 11.3 Å². The van der Waals surface area contributed by atoms with E-state index < -0.39 is 29.6 Å². The number of hydrogen-bond acceptors (Lipinski definition) is 4. The summed E-state index contributed by atoms with van der Waals surface area (Å²) in [6, 6.07) is 2.78. The highest BCUT2D eigenvalue weighted by Gasteiger charge is 2.45. The van der Waals surface area contributed by atoms with E-state index in [4.69, 9.17) is 5.11 Å². The van der Waals surface area contributed by atoms with Crippen LogP contribution in [0.2, 0.25) is 0 Å². The van der Waals surface area contributed by atoms with Gasteiger partial charge in [-0.2, -0.15) is 0 Å². The van der Waals surface area contributed by atoms with Crippen LogP contribution in [0, 0.1) is 24.5 Å². The van der Waals surface area contributed by atoms with E-state index in [0.29, 0.717) is 17.1 Å². The van der Waals surface area contributed by atoms with Gasteiger partial charge in [-0.3, -0.25) is 4.79 Å². The fourth-order valence-electron chi connectivity index (χ4n) is 2.81. The lowest BCUT2D eigenvalue weighted by atomic mass is 10.1. The predicted octanol–water partition coefficient (Wildman–Crippen LogP) is 3.41. The minimum atomic E-state index is -1.05. The van der Waals surface area contributed by atoms with Crippen LogP contribution < -0.4 is 5.32 Å². The number of benzene rings is 1. The van der Waals surface area contributed by atoms with Crippen molar-refractivity contribution in [2.24, 2.45) is 5.92 Å². The first-order valence-corrected chi connectivity index (χ1v) is 8.55. The molecule has 1 amide bonds. The summed E-state index contributed by atoms with van der Waals surface area (Å²) >= 11 is 1.02. The third kappa shape index (κ3) is 3.53. The van der Waals surface area contributed by atoms with Crippen molar-refractivity contribution in [3.63, 3.8) is 0 Å². The van der Waals surface area contributed by atoms with Crippen LogP contribution in [-0.2, 0) is 4.79 Å². The Bertz CT molecular complexity index is 852. The largest absolute Gasteiger partial charge is 0.477 e. The standard InChI is InChI=1S/C17H16F2N2O3S/c1-7-14(17(23)24)25-16(21-7)8(2)20-15(22)12-6-10(12)11-5-9(18)3-4-13(11)19/h3-5,8,10,12H,6H2,1-2H3,(H,20,22)(H,23,24). The Morgan fingerprint density at radius 2 is 2.12 bits per heavy atom. The van der Waals surface area contributed by atoms with Gasteiger partial charge < -0.3 is 10.4 Å². The third-order valence-corrected chi connectivity index (χ3v) is 5.55. The van der Waals surface area contributed by atoms with E-state index in [1.807, 2.05) is 0 Å². The number of aromatic nitrogens is 1. The first kappa shape index (κ1) is 17.5. The average Bonchev–Trinajstić information content (AvgIpc) is 3.24. The minimum absolute atomic E-state index is 0.141. The lowest BCUT2D eigenvalue weighted by Crippen LogP contribution is -2.28. The summed E-state index contributed by atoms with van der Waals surface area (Å²) in [6.07, 6.45) is 0.455. The predicted molar refractivity (Wildman–Crippen MR) is 87.6 cm³/mol. The molecule has 0 saturated heterocycles. The van der Waals surface area contributed by atoms with Crippen LogP contribution in [-0.4, -0.2) is 22.0 Å². The maximum atomic E-state index is 13.8. The van der Waals surface area contributed by atoms with Gasteiger partial charge in [0.25, 0.3) is 0 Å². The van der Waals surface area contributed by atoms with Gasteiger partial charge in [-0.15, -0.1) is 11.3 Å². The number of thiazole rings is 1. The van der Waals surface area contributed by atoms with Crippen molar-refractivity contribution in [3.8, 4) is 0 Å². The van der Waals surface area contributed by atoms with Gasteiger partial charge in [-0.05, 0) is 49.9 Å². The van der Waals surface area contributed by atoms with Crippen molar-refractivity contribution in [2.75, 3.05) is 0 Å². The molecule has 25 heavy (non-hydrogen) atoms. The Morgan fingerprint density at radius 3 is 2.76 bits per heavy atom. The normalized spacial score (nSPS) is 20.2. The summed E-state index contributed by atoms with van der Waals surface area (Å²) < 4.78 is 27.1. The molecule has 3 unspecified atom stereocenters. The first-order chi connectivity index (χ1) is 11.8. The molecule has 132 valence electrons. The zero-order chi connectivity index (χ0) is 18.3. The Balaban J connectivity index is 1.66. The topological polar surface area (TPSA) is 79.3 Å². The molecular weight excluding hydrogens is 350 g/mol. The number of aromatic carboxylic acids is 1. The Morgan fingerprint density at radius 1 is 1.40 bits per heavy atom. The minimum Gasteiger partial charge on any atom is -0.477 e. The van der Waals surface area contributed by atoms with Gasteiger partial charge in [0.15, 0.2) is 0 Å². The van der Waals surface area contributed by atoms with Crippen molar-refractivity contribution in [3.05, 3.63) is 51.0 Å². The number of carboxylic acids is 1. The monoisotopic (exact) mass is 366 g/mol. The molecule has 0 radical (unpaired) electrons. The van der Waals surface area contributed by atoms with Crippen LogP contribution in [0.25, 0.3) is 0 Å². The second kappa shape index (κ2) is 6.51. The molecule has 0 aliphatic heterocycles. The summed E-state index contributed by atoms with van der Waals surface area (Å²) in [5.74, 6) is -3.13. The third-order valence-electron chi connectivity index (χ3n) is 4.22. The molecule has 1 aromatic carbocycles. The maximum Gasteiger partial charge on any atom is 0.347 e. The quantitative estimate of drug-likeness (QED) is 0.850. The number of amides is 1. The highest BCUT2D eigenvalue weighted by Crippen LogP contribution is 2.48. The molecule has 1 heterocycles. The van der Waals surface area contributed by atoms with E-state index in [-0.39, 0.29) is 22.3 Å². The number of rotatable bonds is 5. The number of nitrogens with one attached hydrogen (secondary N) is 1. The van der Waals surface area contributed by atoms with Crippen LogP contribution in [0.3, 0.4) is 0 Å². The van der Waals surface area contributed by atoms with E-state index in [0.717, 1.165) is 29.5 Å². The van der Waals surface area contributed by atoms with Crippen molar-refractivity contribution >= 4 is 23.2 Å². The summed E-state index contributed by atoms with van der Waals surface area (Å²) in [7, 11) is 0. The van der Waals surface area contributed by atoms with Gasteiger partial charge in [0.05, 0.1) is 11.7 Å². The van der Waals surface area contributed by atoms with Crippen LogP contribution in [0.1, 0.15) is 51.2 Å². The van der Waals surface area contributed by atoms with Crippen molar-refractivity contribution in [2.45, 2.75) is 32.2 Å². The zero-order valence-corrected chi connectivity index (χ0v) is 14.4. The molecule has 0 bridgehead atoms. The Hall–Kier alpha value is -2.35. The fourth-order valence-corrected chi connectivity index (χ4v) is 3.72. The van der Waals surface area contributed by atoms with Crippen LogP contribution in [0.15, 0.2) is 18.2 Å². The maximum absolute atomic E-state index is 13.8. The second-order valence-electron chi connectivity index (χ2n) is 6.12. The Labute approximate surface area is 146 Å². The number of carbonyl (C=O) groups is 2.